The third-order valence-corrected chi connectivity index (χ3v) is 4.39. The lowest BCUT2D eigenvalue weighted by atomic mass is 10.2. The second kappa shape index (κ2) is 5.77. The molecule has 0 spiro atoms. The van der Waals surface area contributed by atoms with Gasteiger partial charge < -0.3 is 0 Å². The molecule has 0 saturated heterocycles. The van der Waals surface area contributed by atoms with Gasteiger partial charge in [-0.25, -0.2) is 12.8 Å². The zero-order valence-corrected chi connectivity index (χ0v) is 12.2. The number of alkyl halides is 3. The van der Waals surface area contributed by atoms with Crippen molar-refractivity contribution in [2.75, 3.05) is 4.72 Å². The van der Waals surface area contributed by atoms with E-state index in [0.717, 1.165) is 24.3 Å². The molecule has 0 amide bonds. The van der Waals surface area contributed by atoms with Gasteiger partial charge >= 0.3 is 6.18 Å². The predicted octanol–water partition coefficient (Wildman–Crippen LogP) is 4.30. The second-order valence-corrected chi connectivity index (χ2v) is 6.26. The molecule has 0 aromatic heterocycles. The normalized spacial score (nSPS) is 12.2. The summed E-state index contributed by atoms with van der Waals surface area (Å²) in [5.41, 5.74) is -1.88. The quantitative estimate of drug-likeness (QED) is 0.836. The van der Waals surface area contributed by atoms with Crippen molar-refractivity contribution in [3.63, 3.8) is 0 Å². The van der Waals surface area contributed by atoms with Crippen molar-refractivity contribution in [2.45, 2.75) is 11.1 Å². The highest BCUT2D eigenvalue weighted by atomic mass is 35.5. The zero-order valence-electron chi connectivity index (χ0n) is 10.7. The highest BCUT2D eigenvalue weighted by molar-refractivity contribution is 7.92. The first-order valence-corrected chi connectivity index (χ1v) is 7.62. The molecule has 0 unspecified atom stereocenters. The highest BCUT2D eigenvalue weighted by Gasteiger charge is 2.37. The summed E-state index contributed by atoms with van der Waals surface area (Å²) in [5.74, 6) is -1.07. The maximum atomic E-state index is 13.7. The molecule has 0 fully saturated rings. The van der Waals surface area contributed by atoms with Crippen LogP contribution in [0.1, 0.15) is 5.56 Å². The third kappa shape index (κ3) is 3.33. The molecule has 1 N–H and O–H groups in total. The van der Waals surface area contributed by atoms with Crippen molar-refractivity contribution in [3.8, 4) is 0 Å². The molecule has 0 aliphatic rings. The van der Waals surface area contributed by atoms with Crippen LogP contribution in [0.2, 0.25) is 5.02 Å². The summed E-state index contributed by atoms with van der Waals surface area (Å²) in [6.45, 7) is 0. The maximum Gasteiger partial charge on any atom is 0.417 e. The van der Waals surface area contributed by atoms with Crippen molar-refractivity contribution in [1.29, 1.82) is 0 Å². The largest absolute Gasteiger partial charge is 0.417 e. The molecule has 0 aliphatic carbocycles. The van der Waals surface area contributed by atoms with E-state index in [2.05, 4.69) is 0 Å². The van der Waals surface area contributed by atoms with Crippen LogP contribution in [-0.2, 0) is 16.2 Å². The van der Waals surface area contributed by atoms with Crippen molar-refractivity contribution >= 4 is 27.3 Å². The van der Waals surface area contributed by atoms with Gasteiger partial charge in [-0.2, -0.15) is 13.2 Å². The first-order valence-electron chi connectivity index (χ1n) is 5.76. The van der Waals surface area contributed by atoms with Crippen LogP contribution in [0.5, 0.6) is 0 Å². The Morgan fingerprint density at radius 3 is 2.27 bits per heavy atom. The molecule has 0 atom stereocenters. The molecule has 0 bridgehead atoms. The first-order chi connectivity index (χ1) is 10.1. The van der Waals surface area contributed by atoms with Gasteiger partial charge in [0.25, 0.3) is 10.0 Å². The van der Waals surface area contributed by atoms with Crippen LogP contribution in [0.15, 0.2) is 47.4 Å². The van der Waals surface area contributed by atoms with E-state index in [0.29, 0.717) is 6.07 Å². The number of rotatable bonds is 3. The van der Waals surface area contributed by atoms with Crippen LogP contribution < -0.4 is 4.72 Å². The predicted molar refractivity (Wildman–Crippen MR) is 73.7 cm³/mol. The topological polar surface area (TPSA) is 46.2 Å². The average molecular weight is 354 g/mol. The van der Waals surface area contributed by atoms with Gasteiger partial charge in [-0.3, -0.25) is 4.72 Å². The van der Waals surface area contributed by atoms with Crippen LogP contribution in [0.3, 0.4) is 0 Å². The molecule has 118 valence electrons. The van der Waals surface area contributed by atoms with Gasteiger partial charge in [-0.05, 0) is 24.3 Å². The molecule has 9 heteroatoms. The Kier molecular flexibility index (Phi) is 4.35. The van der Waals surface area contributed by atoms with Gasteiger partial charge in [-0.1, -0.05) is 29.8 Å². The van der Waals surface area contributed by atoms with Gasteiger partial charge in [0.05, 0.1) is 21.2 Å². The van der Waals surface area contributed by atoms with Crippen LogP contribution in [-0.4, -0.2) is 8.42 Å². The SMILES string of the molecule is O=S(=O)(Nc1cccc(Cl)c1F)c1ccccc1C(F)(F)F. The number of halogens is 5. The van der Waals surface area contributed by atoms with Crippen LogP contribution >= 0.6 is 11.6 Å². The molecule has 2 aromatic carbocycles. The summed E-state index contributed by atoms with van der Waals surface area (Å²) < 4.78 is 78.3. The minimum atomic E-state index is -4.86. The summed E-state index contributed by atoms with van der Waals surface area (Å²) in [6, 6.07) is 7.10. The minimum Gasteiger partial charge on any atom is -0.277 e. The fraction of sp³-hybridized carbons (Fsp3) is 0.0769. The molecule has 0 radical (unpaired) electrons. The van der Waals surface area contributed by atoms with E-state index in [-0.39, 0.29) is 5.02 Å². The van der Waals surface area contributed by atoms with E-state index in [4.69, 9.17) is 11.6 Å². The lowest BCUT2D eigenvalue weighted by Crippen LogP contribution is -2.19. The lowest BCUT2D eigenvalue weighted by Gasteiger charge is -2.14. The van der Waals surface area contributed by atoms with E-state index in [1.807, 2.05) is 0 Å². The van der Waals surface area contributed by atoms with E-state index in [9.17, 15) is 26.0 Å². The summed E-state index contributed by atoms with van der Waals surface area (Å²) in [6.07, 6.45) is -4.86. The summed E-state index contributed by atoms with van der Waals surface area (Å²) in [4.78, 5) is -0.998. The number of benzene rings is 2. The molecule has 0 aliphatic heterocycles. The van der Waals surface area contributed by atoms with E-state index in [1.165, 1.54) is 12.1 Å². The first kappa shape index (κ1) is 16.6. The molecule has 2 rings (SSSR count). The summed E-state index contributed by atoms with van der Waals surface area (Å²) >= 11 is 5.50. The van der Waals surface area contributed by atoms with Gasteiger partial charge in [0, 0.05) is 0 Å². The van der Waals surface area contributed by atoms with Crippen LogP contribution in [0.25, 0.3) is 0 Å². The van der Waals surface area contributed by atoms with Gasteiger partial charge in [-0.15, -0.1) is 0 Å². The van der Waals surface area contributed by atoms with E-state index in [1.54, 1.807) is 4.72 Å². The smallest absolute Gasteiger partial charge is 0.277 e. The zero-order chi connectivity index (χ0) is 16.5. The van der Waals surface area contributed by atoms with Gasteiger partial charge in [0.15, 0.2) is 5.82 Å². The molecule has 0 heterocycles. The average Bonchev–Trinajstić information content (AvgIpc) is 2.43. The monoisotopic (exact) mass is 353 g/mol. The fourth-order valence-corrected chi connectivity index (χ4v) is 3.18. The number of anilines is 1. The Morgan fingerprint density at radius 2 is 1.64 bits per heavy atom. The standard InChI is InChI=1S/C13H8ClF4NO2S/c14-9-5-3-6-10(12(9)15)19-22(20,21)11-7-2-1-4-8(11)13(16,17)18/h1-7,19H. The highest BCUT2D eigenvalue weighted by Crippen LogP contribution is 2.35. The van der Waals surface area contributed by atoms with Gasteiger partial charge in [0.2, 0.25) is 0 Å². The fourth-order valence-electron chi connectivity index (χ4n) is 1.72. The molecular weight excluding hydrogens is 346 g/mol. The van der Waals surface area contributed by atoms with E-state index >= 15 is 0 Å². The molecule has 22 heavy (non-hydrogen) atoms. The van der Waals surface area contributed by atoms with Crippen LogP contribution in [0.4, 0.5) is 23.2 Å². The summed E-state index contributed by atoms with van der Waals surface area (Å²) in [7, 11) is -4.64. The molecule has 0 saturated carbocycles. The van der Waals surface area contributed by atoms with Crippen molar-refractivity contribution in [3.05, 3.63) is 58.9 Å². The minimum absolute atomic E-state index is 0.357. The van der Waals surface area contributed by atoms with Crippen LogP contribution in [0, 0.1) is 5.82 Å². The number of hydrogen-bond donors (Lipinski definition) is 1. The Bertz CT molecular complexity index is 806. The molecule has 2 aromatic rings. The van der Waals surface area contributed by atoms with E-state index < -0.39 is 38.2 Å². The Labute approximate surface area is 128 Å². The van der Waals surface area contributed by atoms with Gasteiger partial charge in [0.1, 0.15) is 0 Å². The lowest BCUT2D eigenvalue weighted by molar-refractivity contribution is -0.139. The Hall–Kier alpha value is -1.80. The number of sulfonamides is 1. The second-order valence-electron chi connectivity index (χ2n) is 4.20. The van der Waals surface area contributed by atoms with Crippen molar-refractivity contribution < 1.29 is 26.0 Å². The molecule has 3 nitrogen and oxygen atoms in total. The Balaban J connectivity index is 2.51. The maximum absolute atomic E-state index is 13.7. The van der Waals surface area contributed by atoms with Crippen molar-refractivity contribution in [2.24, 2.45) is 0 Å². The summed E-state index contributed by atoms with van der Waals surface area (Å²) in [5, 5.41) is -0.357. The Morgan fingerprint density at radius 1 is 1.00 bits per heavy atom. The van der Waals surface area contributed by atoms with Crippen molar-refractivity contribution in [1.82, 2.24) is 0 Å². The number of nitrogens with one attached hydrogen (secondary N) is 1. The molecular formula is C13H8ClF4NO2S. The third-order valence-electron chi connectivity index (χ3n) is 2.68. The number of hydrogen-bond acceptors (Lipinski definition) is 2.